The van der Waals surface area contributed by atoms with E-state index in [-0.39, 0.29) is 0 Å². The molecule has 0 nitrogen and oxygen atoms in total. The van der Waals surface area contributed by atoms with Crippen molar-refractivity contribution in [3.8, 4) is 0 Å². The van der Waals surface area contributed by atoms with Crippen LogP contribution in [0.2, 0.25) is 13.1 Å². The van der Waals surface area contributed by atoms with Gasteiger partial charge in [0.1, 0.15) is 0 Å². The third-order valence-corrected chi connectivity index (χ3v) is 6.84. The molecule has 0 N–H and O–H groups in total. The first kappa shape index (κ1) is 17.2. The average molecular weight is 389 g/mol. The number of hydrogen-bond donors (Lipinski definition) is 0. The van der Waals surface area contributed by atoms with Gasteiger partial charge in [-0.15, -0.1) is 19.7 Å². The van der Waals surface area contributed by atoms with Crippen molar-refractivity contribution in [2.75, 3.05) is 0 Å². The minimum atomic E-state index is -1.45. The van der Waals surface area contributed by atoms with Gasteiger partial charge >= 0.3 is 37.9 Å². The molecule has 0 bridgehead atoms. The maximum absolute atomic E-state index is 4.93. The second-order valence-electron chi connectivity index (χ2n) is 4.87. The monoisotopic (exact) mass is 386 g/mol. The Morgan fingerprint density at radius 3 is 2.47 bits per heavy atom. The van der Waals surface area contributed by atoms with Crippen molar-refractivity contribution < 1.29 is 20.8 Å². The molecule has 2 aromatic rings. The van der Waals surface area contributed by atoms with Crippen molar-refractivity contribution in [3.63, 3.8) is 0 Å². The molecule has 0 aliphatic heterocycles. The maximum atomic E-state index is 4.93. The van der Waals surface area contributed by atoms with Crippen LogP contribution in [0.5, 0.6) is 0 Å². The molecule has 0 spiro atoms. The van der Waals surface area contributed by atoms with Crippen LogP contribution in [0.1, 0.15) is 5.56 Å². The fraction of sp³-hybridized carbons (Fsp3) is 0.200. The van der Waals surface area contributed by atoms with Crippen molar-refractivity contribution >= 4 is 35.5 Å². The first-order chi connectivity index (χ1) is 9.06. The summed E-state index contributed by atoms with van der Waals surface area (Å²) in [5.41, 5.74) is 1.39. The summed E-state index contributed by atoms with van der Waals surface area (Å²) in [6.07, 6.45) is 2.95. The van der Waals surface area contributed by atoms with E-state index in [1.165, 1.54) is 15.9 Å². The van der Waals surface area contributed by atoms with Gasteiger partial charge in [-0.2, -0.15) is 31.0 Å². The molecule has 0 aliphatic rings. The first-order valence-corrected chi connectivity index (χ1v) is 15.4. The number of rotatable bonds is 4. The van der Waals surface area contributed by atoms with Gasteiger partial charge in [-0.1, -0.05) is 12.5 Å². The van der Waals surface area contributed by atoms with Crippen molar-refractivity contribution in [3.05, 3.63) is 60.7 Å². The SMILES string of the molecule is C=CCc1cc[c-]([Si](C)(C)[c-]2[cH-][cH-][cH-][cH-]2)c1.[Cl][Zr][Cl]. The molecule has 0 atom stereocenters. The molecule has 0 aliphatic carbocycles. The summed E-state index contributed by atoms with van der Waals surface area (Å²) in [5, 5.41) is 3.04. The summed E-state index contributed by atoms with van der Waals surface area (Å²) in [6.45, 7) is 8.61. The number of halogens is 2. The van der Waals surface area contributed by atoms with Crippen LogP contribution >= 0.6 is 17.0 Å². The van der Waals surface area contributed by atoms with E-state index in [2.05, 4.69) is 62.1 Å². The molecule has 0 unspecified atom stereocenters. The standard InChI is InChI=1S/C15H18Si.2ClH.Zr/c1-4-7-13-10-11-15(12-13)16(2,3)14-8-5-6-9-14;;;/h4-6,8-12H,1,7H2,2-3H3;2*1H;/q-6;;;+2/p-2. The Balaban J connectivity index is 0.000000550. The van der Waals surface area contributed by atoms with E-state index in [0.717, 1.165) is 6.42 Å². The molecule has 2 rings (SSSR count). The normalized spacial score (nSPS) is 10.5. The molecule has 0 amide bonds. The second kappa shape index (κ2) is 8.42. The Bertz CT molecular complexity index is 486. The van der Waals surface area contributed by atoms with Gasteiger partial charge in [-0.05, 0) is 0 Å². The van der Waals surface area contributed by atoms with E-state index in [1.807, 2.05) is 6.08 Å². The van der Waals surface area contributed by atoms with Crippen LogP contribution in [0.25, 0.3) is 0 Å². The summed E-state index contributed by atoms with van der Waals surface area (Å²) in [4.78, 5) is 0. The van der Waals surface area contributed by atoms with Gasteiger partial charge in [0.15, 0.2) is 0 Å². The minimum absolute atomic E-state index is 0.826. The van der Waals surface area contributed by atoms with Gasteiger partial charge in [0.25, 0.3) is 0 Å². The molecule has 0 heterocycles. The molecular formula is C15H18Cl2SiZr-6. The molecule has 4 heteroatoms. The molecule has 0 radical (unpaired) electrons. The topological polar surface area (TPSA) is 0 Å². The van der Waals surface area contributed by atoms with Gasteiger partial charge in [-0.25, -0.2) is 6.07 Å². The van der Waals surface area contributed by atoms with Gasteiger partial charge in [0, 0.05) is 0 Å². The van der Waals surface area contributed by atoms with Crippen molar-refractivity contribution in [1.29, 1.82) is 0 Å². The predicted octanol–water partition coefficient (Wildman–Crippen LogP) is 4.05. The van der Waals surface area contributed by atoms with E-state index in [1.54, 1.807) is 0 Å². The van der Waals surface area contributed by atoms with E-state index in [0.29, 0.717) is 0 Å². The summed E-state index contributed by atoms with van der Waals surface area (Å²) >= 11 is -0.826. The zero-order chi connectivity index (χ0) is 14.3. The zero-order valence-electron chi connectivity index (χ0n) is 11.3. The Kier molecular flexibility index (Phi) is 7.61. The van der Waals surface area contributed by atoms with Gasteiger partial charge in [-0.3, -0.25) is 0 Å². The Hall–Kier alpha value is 0.120. The van der Waals surface area contributed by atoms with Crippen LogP contribution in [0.3, 0.4) is 0 Å². The van der Waals surface area contributed by atoms with E-state index >= 15 is 0 Å². The first-order valence-electron chi connectivity index (χ1n) is 6.11. The molecular weight excluding hydrogens is 370 g/mol. The van der Waals surface area contributed by atoms with Crippen molar-refractivity contribution in [2.24, 2.45) is 0 Å². The fourth-order valence-electron chi connectivity index (χ4n) is 2.13. The fourth-order valence-corrected chi connectivity index (χ4v) is 4.54. The predicted molar refractivity (Wildman–Crippen MR) is 86.4 cm³/mol. The van der Waals surface area contributed by atoms with Crippen LogP contribution < -0.4 is 10.4 Å². The van der Waals surface area contributed by atoms with E-state index in [9.17, 15) is 0 Å². The Morgan fingerprint density at radius 1 is 1.37 bits per heavy atom. The third-order valence-electron chi connectivity index (χ3n) is 3.30. The van der Waals surface area contributed by atoms with Gasteiger partial charge in [0.2, 0.25) is 0 Å². The Labute approximate surface area is 135 Å². The van der Waals surface area contributed by atoms with E-state index < -0.39 is 28.9 Å². The van der Waals surface area contributed by atoms with Gasteiger partial charge in [0.05, 0.1) is 0 Å². The molecule has 0 aromatic heterocycles. The molecule has 19 heavy (non-hydrogen) atoms. The number of hydrogen-bond acceptors (Lipinski definition) is 0. The third kappa shape index (κ3) is 4.86. The molecule has 106 valence electrons. The van der Waals surface area contributed by atoms with Crippen LogP contribution in [-0.2, 0) is 27.3 Å². The molecule has 2 aromatic carbocycles. The summed E-state index contributed by atoms with van der Waals surface area (Å²) in [7, 11) is 8.42. The zero-order valence-corrected chi connectivity index (χ0v) is 16.3. The van der Waals surface area contributed by atoms with Crippen molar-refractivity contribution in [2.45, 2.75) is 19.5 Å². The second-order valence-corrected chi connectivity index (χ2v) is 13.0. The quantitative estimate of drug-likeness (QED) is 0.421. The molecule has 0 fully saturated rings. The van der Waals surface area contributed by atoms with Crippen LogP contribution in [0.15, 0.2) is 55.1 Å². The molecule has 0 saturated heterocycles. The van der Waals surface area contributed by atoms with Crippen molar-refractivity contribution in [1.82, 2.24) is 0 Å². The summed E-state index contributed by atoms with van der Waals surface area (Å²) < 4.78 is 0. The van der Waals surface area contributed by atoms with Crippen LogP contribution in [-0.4, -0.2) is 8.07 Å². The van der Waals surface area contributed by atoms with Crippen LogP contribution in [0, 0.1) is 0 Å². The molecule has 0 saturated carbocycles. The Morgan fingerprint density at radius 2 is 1.95 bits per heavy atom. The average Bonchev–Trinajstić information content (AvgIpc) is 3.01. The summed E-state index contributed by atoms with van der Waals surface area (Å²) in [5.74, 6) is 0. The van der Waals surface area contributed by atoms with Gasteiger partial charge < -0.3 is 29.5 Å². The summed E-state index contributed by atoms with van der Waals surface area (Å²) in [6, 6.07) is 15.7. The van der Waals surface area contributed by atoms with Crippen LogP contribution in [0.4, 0.5) is 0 Å². The van der Waals surface area contributed by atoms with E-state index in [4.69, 9.17) is 17.0 Å². The number of allylic oxidation sites excluding steroid dienone is 1.